The molecule has 3 heteroatoms. The summed E-state index contributed by atoms with van der Waals surface area (Å²) in [7, 11) is 1.65. The summed E-state index contributed by atoms with van der Waals surface area (Å²) in [6.07, 6.45) is 3.97. The molecule has 0 spiro atoms. The molecule has 1 amide bonds. The van der Waals surface area contributed by atoms with Gasteiger partial charge in [-0.2, -0.15) is 0 Å². The third-order valence-corrected chi connectivity index (χ3v) is 3.87. The van der Waals surface area contributed by atoms with Crippen molar-refractivity contribution in [2.24, 2.45) is 5.92 Å². The lowest BCUT2D eigenvalue weighted by Gasteiger charge is -2.17. The topological polar surface area (TPSA) is 41.1 Å². The number of hydrogen-bond donors (Lipinski definition) is 2. The summed E-state index contributed by atoms with van der Waals surface area (Å²) in [5, 5.41) is 6.24. The van der Waals surface area contributed by atoms with Crippen molar-refractivity contribution in [3.63, 3.8) is 0 Å². The van der Waals surface area contributed by atoms with Crippen LogP contribution < -0.4 is 10.6 Å². The summed E-state index contributed by atoms with van der Waals surface area (Å²) < 4.78 is 0. The first-order valence-electron chi connectivity index (χ1n) is 6.75. The number of rotatable bonds is 4. The van der Waals surface area contributed by atoms with E-state index in [0.29, 0.717) is 6.04 Å². The number of carbonyl (C=O) groups excluding carboxylic acids is 1. The molecule has 3 nitrogen and oxygen atoms in total. The van der Waals surface area contributed by atoms with Gasteiger partial charge in [-0.05, 0) is 36.5 Å². The first kappa shape index (κ1) is 13.1. The molecule has 2 N–H and O–H groups in total. The molecule has 0 heterocycles. The highest BCUT2D eigenvalue weighted by atomic mass is 16.1. The van der Waals surface area contributed by atoms with Crippen LogP contribution in [-0.4, -0.2) is 19.0 Å². The van der Waals surface area contributed by atoms with Gasteiger partial charge in [-0.25, -0.2) is 0 Å². The maximum Gasteiger partial charge on any atom is 0.251 e. The van der Waals surface area contributed by atoms with Gasteiger partial charge in [-0.1, -0.05) is 25.5 Å². The van der Waals surface area contributed by atoms with Gasteiger partial charge in [0.15, 0.2) is 0 Å². The predicted octanol–water partition coefficient (Wildman–Crippen LogP) is 2.32. The van der Waals surface area contributed by atoms with Gasteiger partial charge in [-0.15, -0.1) is 0 Å². The van der Waals surface area contributed by atoms with Crippen LogP contribution in [0, 0.1) is 5.92 Å². The first-order valence-corrected chi connectivity index (χ1v) is 6.75. The summed E-state index contributed by atoms with van der Waals surface area (Å²) in [5.74, 6) is 0.758. The molecule has 0 bridgehead atoms. The standard InChI is InChI=1S/C15H22N2O/c1-11-4-3-5-14(11)17-10-12-6-8-13(9-7-12)15(18)16-2/h6-9,11,14,17H,3-5,10H2,1-2H3,(H,16,18). The molecule has 0 saturated heterocycles. The van der Waals surface area contributed by atoms with E-state index in [1.807, 2.05) is 24.3 Å². The lowest BCUT2D eigenvalue weighted by molar-refractivity contribution is 0.0963. The normalized spacial score (nSPS) is 23.0. The number of benzene rings is 1. The molecule has 1 saturated carbocycles. The molecule has 1 aliphatic rings. The van der Waals surface area contributed by atoms with Gasteiger partial charge >= 0.3 is 0 Å². The molecule has 1 aromatic carbocycles. The minimum absolute atomic E-state index is 0.0288. The second-order valence-electron chi connectivity index (χ2n) is 5.17. The Labute approximate surface area is 109 Å². The fourth-order valence-electron chi connectivity index (χ4n) is 2.62. The summed E-state index contributed by atoms with van der Waals surface area (Å²) in [5.41, 5.74) is 1.96. The highest BCUT2D eigenvalue weighted by molar-refractivity contribution is 5.93. The van der Waals surface area contributed by atoms with E-state index in [1.54, 1.807) is 7.05 Å². The Balaban J connectivity index is 1.88. The molecule has 2 unspecified atom stereocenters. The number of hydrogen-bond acceptors (Lipinski definition) is 2. The van der Waals surface area contributed by atoms with Crippen LogP contribution in [-0.2, 0) is 6.54 Å². The van der Waals surface area contributed by atoms with Crippen LogP contribution in [0.5, 0.6) is 0 Å². The zero-order valence-electron chi connectivity index (χ0n) is 11.2. The van der Waals surface area contributed by atoms with Gasteiger partial charge in [0.1, 0.15) is 0 Å². The lowest BCUT2D eigenvalue weighted by Crippen LogP contribution is -2.30. The second-order valence-corrected chi connectivity index (χ2v) is 5.17. The molecule has 2 rings (SSSR count). The molecule has 0 aromatic heterocycles. The van der Waals surface area contributed by atoms with E-state index in [0.717, 1.165) is 18.0 Å². The zero-order chi connectivity index (χ0) is 13.0. The van der Waals surface area contributed by atoms with Crippen LogP contribution in [0.2, 0.25) is 0 Å². The molecule has 98 valence electrons. The van der Waals surface area contributed by atoms with Gasteiger partial charge in [0.05, 0.1) is 0 Å². The third-order valence-electron chi connectivity index (χ3n) is 3.87. The molecule has 1 fully saturated rings. The highest BCUT2D eigenvalue weighted by Gasteiger charge is 2.22. The Morgan fingerprint density at radius 3 is 2.56 bits per heavy atom. The van der Waals surface area contributed by atoms with Crippen molar-refractivity contribution in [2.75, 3.05) is 7.05 Å². The maximum atomic E-state index is 11.4. The van der Waals surface area contributed by atoms with Crippen LogP contribution in [0.3, 0.4) is 0 Å². The lowest BCUT2D eigenvalue weighted by atomic mass is 10.1. The van der Waals surface area contributed by atoms with Crippen molar-refractivity contribution in [2.45, 2.75) is 38.8 Å². The maximum absolute atomic E-state index is 11.4. The van der Waals surface area contributed by atoms with Crippen molar-refractivity contribution in [3.05, 3.63) is 35.4 Å². The summed E-state index contributed by atoms with van der Waals surface area (Å²) in [6, 6.07) is 8.47. The van der Waals surface area contributed by atoms with Crippen LogP contribution in [0.4, 0.5) is 0 Å². The van der Waals surface area contributed by atoms with Crippen molar-refractivity contribution in [1.29, 1.82) is 0 Å². The van der Waals surface area contributed by atoms with E-state index in [4.69, 9.17) is 0 Å². The van der Waals surface area contributed by atoms with Crippen LogP contribution in [0.1, 0.15) is 42.1 Å². The van der Waals surface area contributed by atoms with E-state index in [1.165, 1.54) is 24.8 Å². The molecule has 18 heavy (non-hydrogen) atoms. The molecular formula is C15H22N2O. The quantitative estimate of drug-likeness (QED) is 0.856. The first-order chi connectivity index (χ1) is 8.70. The van der Waals surface area contributed by atoms with Crippen LogP contribution in [0.25, 0.3) is 0 Å². The third kappa shape index (κ3) is 3.10. The molecule has 1 aliphatic carbocycles. The van der Waals surface area contributed by atoms with E-state index in [2.05, 4.69) is 17.6 Å². The van der Waals surface area contributed by atoms with Gasteiger partial charge in [0.2, 0.25) is 0 Å². The largest absolute Gasteiger partial charge is 0.355 e. The summed E-state index contributed by atoms with van der Waals surface area (Å²) in [4.78, 5) is 11.4. The SMILES string of the molecule is CNC(=O)c1ccc(CNC2CCCC2C)cc1. The molecule has 0 radical (unpaired) electrons. The fourth-order valence-corrected chi connectivity index (χ4v) is 2.62. The summed E-state index contributed by atoms with van der Waals surface area (Å²) in [6.45, 7) is 3.21. The fraction of sp³-hybridized carbons (Fsp3) is 0.533. The van der Waals surface area contributed by atoms with E-state index < -0.39 is 0 Å². The van der Waals surface area contributed by atoms with Crippen molar-refractivity contribution in [1.82, 2.24) is 10.6 Å². The van der Waals surface area contributed by atoms with Crippen molar-refractivity contribution in [3.8, 4) is 0 Å². The molecule has 1 aromatic rings. The Bertz CT molecular complexity index is 399. The zero-order valence-corrected chi connectivity index (χ0v) is 11.2. The minimum Gasteiger partial charge on any atom is -0.355 e. The number of nitrogens with one attached hydrogen (secondary N) is 2. The van der Waals surface area contributed by atoms with E-state index >= 15 is 0 Å². The van der Waals surface area contributed by atoms with Gasteiger partial charge < -0.3 is 10.6 Å². The summed E-state index contributed by atoms with van der Waals surface area (Å²) >= 11 is 0. The second kappa shape index (κ2) is 6.01. The average molecular weight is 246 g/mol. The van der Waals surface area contributed by atoms with Gasteiger partial charge in [0, 0.05) is 25.2 Å². The molecule has 0 aliphatic heterocycles. The molecule has 2 atom stereocenters. The highest BCUT2D eigenvalue weighted by Crippen LogP contribution is 2.25. The van der Waals surface area contributed by atoms with E-state index in [9.17, 15) is 4.79 Å². The molecular weight excluding hydrogens is 224 g/mol. The Morgan fingerprint density at radius 1 is 1.28 bits per heavy atom. The van der Waals surface area contributed by atoms with Crippen LogP contribution >= 0.6 is 0 Å². The Kier molecular flexibility index (Phi) is 4.37. The van der Waals surface area contributed by atoms with Crippen molar-refractivity contribution < 1.29 is 4.79 Å². The smallest absolute Gasteiger partial charge is 0.251 e. The Morgan fingerprint density at radius 2 is 2.00 bits per heavy atom. The van der Waals surface area contributed by atoms with Crippen LogP contribution in [0.15, 0.2) is 24.3 Å². The van der Waals surface area contributed by atoms with Gasteiger partial charge in [-0.3, -0.25) is 4.79 Å². The minimum atomic E-state index is -0.0288. The number of carbonyl (C=O) groups is 1. The monoisotopic (exact) mass is 246 g/mol. The van der Waals surface area contributed by atoms with E-state index in [-0.39, 0.29) is 5.91 Å². The van der Waals surface area contributed by atoms with Crippen molar-refractivity contribution >= 4 is 5.91 Å². The Hall–Kier alpha value is -1.35. The predicted molar refractivity (Wildman–Crippen MR) is 73.5 cm³/mol. The van der Waals surface area contributed by atoms with Gasteiger partial charge in [0.25, 0.3) is 5.91 Å². The number of amides is 1. The average Bonchev–Trinajstić information content (AvgIpc) is 2.81.